The lowest BCUT2D eigenvalue weighted by molar-refractivity contribution is -0.139. The Hall–Kier alpha value is -4.18. The molecule has 0 N–H and O–H groups in total. The lowest BCUT2D eigenvalue weighted by Crippen LogP contribution is -2.28. The minimum Gasteiger partial charge on any atom is -0.493 e. The molecule has 2 aromatic carbocycles. The average Bonchev–Trinajstić information content (AvgIpc) is 3.35. The van der Waals surface area contributed by atoms with Gasteiger partial charge in [0.05, 0.1) is 34.8 Å². The highest BCUT2D eigenvalue weighted by molar-refractivity contribution is 7.18. The number of halogens is 8. The third-order valence-corrected chi connectivity index (χ3v) is 6.95. The van der Waals surface area contributed by atoms with Gasteiger partial charge < -0.3 is 9.30 Å². The van der Waals surface area contributed by atoms with Crippen LogP contribution in [0.5, 0.6) is 5.75 Å². The largest absolute Gasteiger partial charge is 0.493 e. The second kappa shape index (κ2) is 10.8. The van der Waals surface area contributed by atoms with E-state index in [-0.39, 0.29) is 28.3 Å². The van der Waals surface area contributed by atoms with Gasteiger partial charge in [-0.2, -0.15) is 31.6 Å². The molecule has 0 saturated heterocycles. The Balaban J connectivity index is 1.90. The Morgan fingerprint density at radius 2 is 1.57 bits per heavy atom. The summed E-state index contributed by atoms with van der Waals surface area (Å²) in [5, 5.41) is 9.33. The van der Waals surface area contributed by atoms with Crippen LogP contribution in [0.3, 0.4) is 0 Å². The Morgan fingerprint density at radius 3 is 2.17 bits per heavy atom. The fraction of sp³-hybridized carbons (Fsp3) is 0.185. The molecule has 0 radical (unpaired) electrons. The Labute approximate surface area is 225 Å². The SMILES string of the molecule is CCOc1cc(-c2ccc(-c3cc(C(F)(F)F)c(C#N)c(=O)n3Cc3ccc(F)cc3F)s2)ccc1C(F)(F)F. The van der Waals surface area contributed by atoms with Gasteiger partial charge in [-0.05, 0) is 48.9 Å². The number of nitriles is 1. The molecule has 0 fully saturated rings. The number of aromatic nitrogens is 1. The molecule has 0 aliphatic heterocycles. The highest BCUT2D eigenvalue weighted by atomic mass is 32.1. The molecule has 0 bridgehead atoms. The molecule has 40 heavy (non-hydrogen) atoms. The monoisotopic (exact) mass is 584 g/mol. The summed E-state index contributed by atoms with van der Waals surface area (Å²) in [5.74, 6) is -2.41. The molecule has 4 nitrogen and oxygen atoms in total. The minimum absolute atomic E-state index is 0.0556. The summed E-state index contributed by atoms with van der Waals surface area (Å²) in [6.07, 6.45) is -9.77. The summed E-state index contributed by atoms with van der Waals surface area (Å²) in [7, 11) is 0. The molecular formula is C27H16F8N2O2S. The number of hydrogen-bond donors (Lipinski definition) is 0. The van der Waals surface area contributed by atoms with E-state index in [0.29, 0.717) is 17.0 Å². The highest BCUT2D eigenvalue weighted by Gasteiger charge is 2.37. The summed E-state index contributed by atoms with van der Waals surface area (Å²) in [5.41, 5.74) is -5.36. The number of pyridine rings is 1. The maximum absolute atomic E-state index is 14.4. The molecule has 0 spiro atoms. The van der Waals surface area contributed by atoms with Crippen LogP contribution >= 0.6 is 11.3 Å². The van der Waals surface area contributed by atoms with E-state index in [1.165, 1.54) is 31.2 Å². The topological polar surface area (TPSA) is 55.0 Å². The van der Waals surface area contributed by atoms with Gasteiger partial charge in [-0.3, -0.25) is 4.79 Å². The van der Waals surface area contributed by atoms with Gasteiger partial charge in [-0.15, -0.1) is 11.3 Å². The minimum atomic E-state index is -5.08. The van der Waals surface area contributed by atoms with E-state index >= 15 is 0 Å². The first kappa shape index (κ1) is 28.8. The van der Waals surface area contributed by atoms with Crippen LogP contribution in [-0.2, 0) is 18.9 Å². The normalized spacial score (nSPS) is 11.9. The quantitative estimate of drug-likeness (QED) is 0.217. The van der Waals surface area contributed by atoms with E-state index in [9.17, 15) is 45.2 Å². The molecule has 13 heteroatoms. The van der Waals surface area contributed by atoms with E-state index in [0.717, 1.165) is 40.2 Å². The molecule has 0 atom stereocenters. The van der Waals surface area contributed by atoms with Crippen LogP contribution in [0.1, 0.15) is 29.2 Å². The molecule has 0 aliphatic carbocycles. The van der Waals surface area contributed by atoms with Crippen LogP contribution in [0.4, 0.5) is 35.1 Å². The lowest BCUT2D eigenvalue weighted by atomic mass is 10.1. The van der Waals surface area contributed by atoms with Gasteiger partial charge in [-0.25, -0.2) is 8.78 Å². The third-order valence-electron chi connectivity index (χ3n) is 5.79. The van der Waals surface area contributed by atoms with Crippen molar-refractivity contribution in [2.45, 2.75) is 25.8 Å². The number of alkyl halides is 6. The second-order valence-electron chi connectivity index (χ2n) is 8.36. The van der Waals surface area contributed by atoms with E-state index < -0.39 is 58.5 Å². The van der Waals surface area contributed by atoms with Crippen LogP contribution in [-0.4, -0.2) is 11.2 Å². The van der Waals surface area contributed by atoms with Crippen LogP contribution in [0, 0.1) is 23.0 Å². The average molecular weight is 584 g/mol. The molecule has 2 aromatic heterocycles. The van der Waals surface area contributed by atoms with Crippen LogP contribution in [0.2, 0.25) is 0 Å². The Bertz CT molecular complexity index is 1680. The van der Waals surface area contributed by atoms with Crippen LogP contribution in [0.25, 0.3) is 21.0 Å². The third kappa shape index (κ3) is 5.72. The summed E-state index contributed by atoms with van der Waals surface area (Å²) < 4.78 is 115. The maximum Gasteiger partial charge on any atom is 0.419 e. The van der Waals surface area contributed by atoms with Gasteiger partial charge in [0.15, 0.2) is 0 Å². The molecule has 208 valence electrons. The predicted molar refractivity (Wildman–Crippen MR) is 131 cm³/mol. The van der Waals surface area contributed by atoms with Crippen LogP contribution in [0.15, 0.2) is 59.4 Å². The molecule has 2 heterocycles. The van der Waals surface area contributed by atoms with Crippen molar-refractivity contribution in [2.75, 3.05) is 6.61 Å². The number of hydrogen-bond acceptors (Lipinski definition) is 4. The summed E-state index contributed by atoms with van der Waals surface area (Å²) in [6.45, 7) is 0.817. The standard InChI is InChI=1S/C27H16F8N2O2S/c1-2-39-22-9-14(4-6-18(22)26(30,31)32)23-7-8-24(40-23)21-11-19(27(33,34)35)17(12-36)25(38)37(21)13-15-3-5-16(28)10-20(15)29/h3-11H,2,13H2,1H3. The van der Waals surface area contributed by atoms with Crippen molar-refractivity contribution >= 4 is 11.3 Å². The number of benzene rings is 2. The second-order valence-corrected chi connectivity index (χ2v) is 9.44. The summed E-state index contributed by atoms with van der Waals surface area (Å²) >= 11 is 0.852. The molecule has 0 unspecified atom stereocenters. The Kier molecular flexibility index (Phi) is 7.76. The van der Waals surface area contributed by atoms with E-state index in [1.807, 2.05) is 0 Å². The zero-order chi connectivity index (χ0) is 29.4. The molecule has 0 amide bonds. The number of nitrogens with zero attached hydrogens (tertiary/aromatic N) is 2. The van der Waals surface area contributed by atoms with Crippen molar-refractivity contribution in [2.24, 2.45) is 0 Å². The zero-order valence-corrected chi connectivity index (χ0v) is 21.1. The fourth-order valence-electron chi connectivity index (χ4n) is 3.97. The number of thiophene rings is 1. The Morgan fingerprint density at radius 1 is 0.900 bits per heavy atom. The van der Waals surface area contributed by atoms with E-state index in [2.05, 4.69) is 0 Å². The maximum atomic E-state index is 14.4. The first-order chi connectivity index (χ1) is 18.7. The van der Waals surface area contributed by atoms with Gasteiger partial charge in [-0.1, -0.05) is 12.1 Å². The lowest BCUT2D eigenvalue weighted by Gasteiger charge is -2.17. The van der Waals surface area contributed by atoms with Crippen molar-refractivity contribution < 1.29 is 39.9 Å². The van der Waals surface area contributed by atoms with Gasteiger partial charge in [0.1, 0.15) is 29.0 Å². The molecular weight excluding hydrogens is 568 g/mol. The molecule has 4 rings (SSSR count). The van der Waals surface area contributed by atoms with Crippen molar-refractivity contribution in [1.82, 2.24) is 4.57 Å². The van der Waals surface area contributed by atoms with Gasteiger partial charge in [0.2, 0.25) is 0 Å². The summed E-state index contributed by atoms with van der Waals surface area (Å²) in [4.78, 5) is 13.5. The summed E-state index contributed by atoms with van der Waals surface area (Å²) in [6, 6.07) is 10.2. The van der Waals surface area contributed by atoms with E-state index in [4.69, 9.17) is 4.74 Å². The zero-order valence-electron chi connectivity index (χ0n) is 20.3. The first-order valence-corrected chi connectivity index (χ1v) is 12.2. The van der Waals surface area contributed by atoms with Crippen molar-refractivity contribution in [1.29, 1.82) is 5.26 Å². The molecule has 0 aliphatic rings. The van der Waals surface area contributed by atoms with Gasteiger partial charge in [0.25, 0.3) is 5.56 Å². The van der Waals surface area contributed by atoms with Crippen molar-refractivity contribution in [3.05, 3.63) is 98.8 Å². The van der Waals surface area contributed by atoms with Crippen molar-refractivity contribution in [3.8, 4) is 32.8 Å². The van der Waals surface area contributed by atoms with Gasteiger partial charge in [0, 0.05) is 16.5 Å². The van der Waals surface area contributed by atoms with Crippen molar-refractivity contribution in [3.63, 3.8) is 0 Å². The number of rotatable bonds is 6. The van der Waals surface area contributed by atoms with E-state index in [1.54, 1.807) is 0 Å². The molecule has 0 saturated carbocycles. The predicted octanol–water partition coefficient (Wildman–Crippen LogP) is 7.88. The highest BCUT2D eigenvalue weighted by Crippen LogP contribution is 2.42. The number of ether oxygens (including phenoxy) is 1. The van der Waals surface area contributed by atoms with Crippen LogP contribution < -0.4 is 10.3 Å². The fourth-order valence-corrected chi connectivity index (χ4v) is 5.00. The first-order valence-electron chi connectivity index (χ1n) is 11.4. The smallest absolute Gasteiger partial charge is 0.419 e. The van der Waals surface area contributed by atoms with Gasteiger partial charge >= 0.3 is 12.4 Å². The molecule has 4 aromatic rings.